The van der Waals surface area contributed by atoms with Crippen molar-refractivity contribution < 1.29 is 9.53 Å². The molecule has 3 aromatic rings. The van der Waals surface area contributed by atoms with Crippen molar-refractivity contribution in [2.45, 2.75) is 6.92 Å². The average Bonchev–Trinajstić information content (AvgIpc) is 2.70. The first-order valence-electron chi connectivity index (χ1n) is 8.67. The summed E-state index contributed by atoms with van der Waals surface area (Å²) in [6.07, 6.45) is 3.35. The first-order chi connectivity index (χ1) is 13.5. The summed E-state index contributed by atoms with van der Waals surface area (Å²) in [5, 5.41) is 17.0. The van der Waals surface area contributed by atoms with E-state index in [9.17, 15) is 4.79 Å². The van der Waals surface area contributed by atoms with E-state index in [1.807, 2.05) is 42.5 Å². The molecule has 0 atom stereocenters. The van der Waals surface area contributed by atoms with Crippen LogP contribution in [0.25, 0.3) is 21.9 Å². The van der Waals surface area contributed by atoms with Gasteiger partial charge in [0.05, 0.1) is 30.8 Å². The predicted molar refractivity (Wildman–Crippen MR) is 111 cm³/mol. The summed E-state index contributed by atoms with van der Waals surface area (Å²) >= 11 is 0. The molecule has 0 saturated carbocycles. The molecule has 1 heterocycles. The lowest BCUT2D eigenvalue weighted by molar-refractivity contribution is -0.114. The number of rotatable bonds is 6. The summed E-state index contributed by atoms with van der Waals surface area (Å²) in [5.74, 6) is 0.534. The number of anilines is 2. The van der Waals surface area contributed by atoms with E-state index in [1.54, 1.807) is 19.5 Å². The highest BCUT2D eigenvalue weighted by Crippen LogP contribution is 2.36. The Labute approximate surface area is 163 Å². The van der Waals surface area contributed by atoms with Crippen molar-refractivity contribution in [3.05, 3.63) is 60.9 Å². The van der Waals surface area contributed by atoms with Gasteiger partial charge in [0, 0.05) is 36.2 Å². The van der Waals surface area contributed by atoms with Crippen molar-refractivity contribution in [2.75, 3.05) is 24.3 Å². The van der Waals surface area contributed by atoms with Crippen LogP contribution < -0.4 is 15.4 Å². The Morgan fingerprint density at radius 2 is 2.00 bits per heavy atom. The molecule has 1 amide bonds. The van der Waals surface area contributed by atoms with E-state index in [4.69, 9.17) is 10.00 Å². The normalized spacial score (nSPS) is 10.2. The van der Waals surface area contributed by atoms with Gasteiger partial charge in [-0.05, 0) is 29.1 Å². The van der Waals surface area contributed by atoms with Crippen molar-refractivity contribution >= 4 is 28.1 Å². The van der Waals surface area contributed by atoms with Crippen LogP contribution in [0.1, 0.15) is 6.92 Å². The first-order valence-corrected chi connectivity index (χ1v) is 8.67. The molecule has 0 saturated heterocycles. The van der Waals surface area contributed by atoms with E-state index >= 15 is 0 Å². The fourth-order valence-electron chi connectivity index (χ4n) is 2.94. The Hall–Kier alpha value is -3.85. The summed E-state index contributed by atoms with van der Waals surface area (Å²) in [5.41, 5.74) is 3.69. The molecule has 1 aromatic heterocycles. The van der Waals surface area contributed by atoms with Gasteiger partial charge in [-0.15, -0.1) is 0 Å². The highest BCUT2D eigenvalue weighted by Gasteiger charge is 2.11. The quantitative estimate of drug-likeness (QED) is 0.628. The van der Waals surface area contributed by atoms with Crippen LogP contribution in [0.3, 0.4) is 0 Å². The van der Waals surface area contributed by atoms with Crippen molar-refractivity contribution in [1.82, 2.24) is 4.98 Å². The molecule has 2 aromatic carbocycles. The molecule has 0 fully saturated rings. The maximum Gasteiger partial charge on any atom is 0.221 e. The number of methoxy groups -OCH3 is 1. The third-order valence-corrected chi connectivity index (χ3v) is 4.23. The molecule has 28 heavy (non-hydrogen) atoms. The zero-order valence-corrected chi connectivity index (χ0v) is 15.7. The minimum absolute atomic E-state index is 0.147. The van der Waals surface area contributed by atoms with E-state index in [0.29, 0.717) is 23.6 Å². The molecule has 140 valence electrons. The molecule has 0 aliphatic rings. The van der Waals surface area contributed by atoms with Crippen molar-refractivity contribution in [1.29, 1.82) is 5.26 Å². The number of aromatic nitrogens is 1. The molecule has 6 nitrogen and oxygen atoms in total. The molecule has 3 rings (SSSR count). The van der Waals surface area contributed by atoms with Gasteiger partial charge in [0.15, 0.2) is 0 Å². The molecular weight excluding hydrogens is 352 g/mol. The maximum absolute atomic E-state index is 11.3. The van der Waals surface area contributed by atoms with Gasteiger partial charge in [0.25, 0.3) is 0 Å². The van der Waals surface area contributed by atoms with Crippen molar-refractivity contribution in [2.24, 2.45) is 0 Å². The van der Waals surface area contributed by atoms with E-state index in [-0.39, 0.29) is 5.91 Å². The summed E-state index contributed by atoms with van der Waals surface area (Å²) in [4.78, 5) is 15.5. The number of amides is 1. The molecule has 0 bridgehead atoms. The number of nitrogens with one attached hydrogen (secondary N) is 2. The predicted octanol–water partition coefficient (Wildman–Crippen LogP) is 4.36. The van der Waals surface area contributed by atoms with Gasteiger partial charge in [-0.1, -0.05) is 24.8 Å². The lowest BCUT2D eigenvalue weighted by atomic mass is 10.0. The van der Waals surface area contributed by atoms with Crippen LogP contribution >= 0.6 is 0 Å². The van der Waals surface area contributed by atoms with Crippen LogP contribution in [0.15, 0.2) is 60.9 Å². The second-order valence-corrected chi connectivity index (χ2v) is 6.29. The number of benzene rings is 2. The summed E-state index contributed by atoms with van der Waals surface area (Å²) in [6.45, 7) is 5.50. The molecule has 0 aliphatic heterocycles. The Morgan fingerprint density at radius 3 is 2.71 bits per heavy atom. The Balaban J connectivity index is 2.08. The van der Waals surface area contributed by atoms with Gasteiger partial charge in [-0.3, -0.25) is 9.78 Å². The Morgan fingerprint density at radius 1 is 1.21 bits per heavy atom. The largest absolute Gasteiger partial charge is 0.495 e. The van der Waals surface area contributed by atoms with Crippen LogP contribution in [0.2, 0.25) is 0 Å². The number of carbonyl (C=O) groups is 1. The van der Waals surface area contributed by atoms with Crippen LogP contribution in [0, 0.1) is 11.3 Å². The SMILES string of the molecule is C=C(C#N)CNc1c(OC)ccc2ccc(-c3cncc(NC(C)=O)c3)cc12. The number of pyridine rings is 1. The summed E-state index contributed by atoms with van der Waals surface area (Å²) in [7, 11) is 1.61. The van der Waals surface area contributed by atoms with Crippen molar-refractivity contribution in [3.8, 4) is 22.9 Å². The number of hydrogen-bond acceptors (Lipinski definition) is 5. The van der Waals surface area contributed by atoms with Gasteiger partial charge in [0.1, 0.15) is 5.75 Å². The number of ether oxygens (including phenoxy) is 1. The van der Waals surface area contributed by atoms with Crippen LogP contribution in [-0.2, 0) is 4.79 Å². The average molecular weight is 372 g/mol. The lowest BCUT2D eigenvalue weighted by Gasteiger charge is -2.15. The minimum Gasteiger partial charge on any atom is -0.495 e. The topological polar surface area (TPSA) is 87.0 Å². The lowest BCUT2D eigenvalue weighted by Crippen LogP contribution is -2.06. The maximum atomic E-state index is 11.3. The van der Waals surface area contributed by atoms with Crippen molar-refractivity contribution in [3.63, 3.8) is 0 Å². The van der Waals surface area contributed by atoms with Crippen LogP contribution in [0.5, 0.6) is 5.75 Å². The summed E-state index contributed by atoms with van der Waals surface area (Å²) in [6, 6.07) is 13.8. The third-order valence-electron chi connectivity index (χ3n) is 4.23. The Kier molecular flexibility index (Phi) is 5.56. The van der Waals surface area contributed by atoms with Crippen LogP contribution in [0.4, 0.5) is 11.4 Å². The number of carbonyl (C=O) groups excluding carboxylic acids is 1. The van der Waals surface area contributed by atoms with E-state index in [2.05, 4.69) is 22.2 Å². The smallest absolute Gasteiger partial charge is 0.221 e. The highest BCUT2D eigenvalue weighted by molar-refractivity contribution is 5.99. The monoisotopic (exact) mass is 372 g/mol. The van der Waals surface area contributed by atoms with Gasteiger partial charge in [-0.25, -0.2) is 0 Å². The molecular formula is C22H20N4O2. The number of fused-ring (bicyclic) bond motifs is 1. The fourth-order valence-corrected chi connectivity index (χ4v) is 2.94. The zero-order valence-electron chi connectivity index (χ0n) is 15.7. The third kappa shape index (κ3) is 4.10. The molecule has 6 heteroatoms. The summed E-state index contributed by atoms with van der Waals surface area (Å²) < 4.78 is 5.49. The second-order valence-electron chi connectivity index (χ2n) is 6.29. The molecule has 0 radical (unpaired) electrons. The first kappa shape index (κ1) is 18.9. The molecule has 0 spiro atoms. The van der Waals surface area contributed by atoms with Gasteiger partial charge in [0.2, 0.25) is 5.91 Å². The zero-order chi connectivity index (χ0) is 20.1. The van der Waals surface area contributed by atoms with E-state index < -0.39 is 0 Å². The molecule has 2 N–H and O–H groups in total. The van der Waals surface area contributed by atoms with Crippen LogP contribution in [-0.4, -0.2) is 24.5 Å². The standard InChI is InChI=1S/C22H20N4O2/c1-14(10-23)11-25-22-20-9-17(5-4-16(20)6-7-21(22)28-3)18-8-19(13-24-12-18)26-15(2)27/h4-9,12-13,25H,1,11H2,2-3H3,(H,26,27). The number of nitrogens with zero attached hydrogens (tertiary/aromatic N) is 2. The highest BCUT2D eigenvalue weighted by atomic mass is 16.5. The number of nitriles is 1. The second kappa shape index (κ2) is 8.23. The van der Waals surface area contributed by atoms with E-state index in [1.165, 1.54) is 6.92 Å². The minimum atomic E-state index is -0.147. The van der Waals surface area contributed by atoms with E-state index in [0.717, 1.165) is 27.6 Å². The molecule has 0 aliphatic carbocycles. The Bertz CT molecular complexity index is 1100. The fraction of sp³-hybridized carbons (Fsp3) is 0.136. The number of hydrogen-bond donors (Lipinski definition) is 2. The van der Waals surface area contributed by atoms with Gasteiger partial charge in [-0.2, -0.15) is 5.26 Å². The van der Waals surface area contributed by atoms with Gasteiger partial charge >= 0.3 is 0 Å². The molecule has 0 unspecified atom stereocenters. The van der Waals surface area contributed by atoms with Gasteiger partial charge < -0.3 is 15.4 Å².